The summed E-state index contributed by atoms with van der Waals surface area (Å²) in [6.45, 7) is 4.58. The molecule has 1 aromatic carbocycles. The zero-order valence-electron chi connectivity index (χ0n) is 18.6. The maximum atomic E-state index is 14.4. The van der Waals surface area contributed by atoms with Gasteiger partial charge in [0, 0.05) is 49.7 Å². The average molecular weight is 481 g/mol. The van der Waals surface area contributed by atoms with Gasteiger partial charge in [0.05, 0.1) is 7.11 Å². The highest BCUT2D eigenvalue weighted by Gasteiger charge is 2.78. The number of likely N-dealkylation sites (tertiary alicyclic amines) is 1. The molecule has 2 amide bonds. The molecule has 4 heterocycles. The molecule has 2 saturated heterocycles. The number of nitrogens with zero attached hydrogens (tertiary/aromatic N) is 4. The van der Waals surface area contributed by atoms with E-state index in [2.05, 4.69) is 11.6 Å². The summed E-state index contributed by atoms with van der Waals surface area (Å²) in [7, 11) is 5.26. The number of aromatic nitrogens is 1. The number of anilines is 1. The number of thioether (sulfide) groups is 1. The predicted molar refractivity (Wildman–Crippen MR) is 133 cm³/mol. The SMILES string of the molecule is C=CCN1C(=O)[C@@]2(SC1=S)[C@H](c1cccnc1)CN(C)[C@]21C(=O)N(C)c2ccc(OC)cc21. The van der Waals surface area contributed by atoms with Crippen molar-refractivity contribution in [1.29, 1.82) is 0 Å². The number of fused-ring (bicyclic) bond motifs is 3. The molecule has 3 aliphatic rings. The van der Waals surface area contributed by atoms with Gasteiger partial charge in [-0.1, -0.05) is 36.1 Å². The van der Waals surface area contributed by atoms with Gasteiger partial charge < -0.3 is 9.64 Å². The largest absolute Gasteiger partial charge is 0.497 e. The van der Waals surface area contributed by atoms with Crippen LogP contribution in [0.1, 0.15) is 17.0 Å². The number of likely N-dealkylation sites (N-methyl/N-ethyl adjacent to an activating group) is 2. The summed E-state index contributed by atoms with van der Waals surface area (Å²) in [6.07, 6.45) is 5.15. The van der Waals surface area contributed by atoms with Gasteiger partial charge in [0.15, 0.2) is 5.54 Å². The Bertz CT molecular complexity index is 1190. The first-order chi connectivity index (χ1) is 15.8. The molecule has 0 radical (unpaired) electrons. The van der Waals surface area contributed by atoms with E-state index in [4.69, 9.17) is 17.0 Å². The van der Waals surface area contributed by atoms with Gasteiger partial charge in [0.1, 0.15) is 14.8 Å². The first kappa shape index (κ1) is 22.1. The van der Waals surface area contributed by atoms with Crippen molar-refractivity contribution in [2.24, 2.45) is 0 Å². The molecule has 170 valence electrons. The van der Waals surface area contributed by atoms with Crippen molar-refractivity contribution in [2.75, 3.05) is 39.2 Å². The summed E-state index contributed by atoms with van der Waals surface area (Å²) in [5.74, 6) is -0.00157. The van der Waals surface area contributed by atoms with E-state index in [1.165, 1.54) is 11.8 Å². The number of pyridine rings is 1. The van der Waals surface area contributed by atoms with Crippen LogP contribution in [-0.4, -0.2) is 70.0 Å². The van der Waals surface area contributed by atoms with Crippen molar-refractivity contribution >= 4 is 45.8 Å². The molecule has 0 bridgehead atoms. The molecule has 33 heavy (non-hydrogen) atoms. The van der Waals surface area contributed by atoms with Crippen LogP contribution in [-0.2, 0) is 15.1 Å². The van der Waals surface area contributed by atoms with Crippen LogP contribution in [0.25, 0.3) is 0 Å². The predicted octanol–water partition coefficient (Wildman–Crippen LogP) is 2.78. The molecule has 0 aliphatic carbocycles. The van der Waals surface area contributed by atoms with Crippen molar-refractivity contribution in [3.63, 3.8) is 0 Å². The summed E-state index contributed by atoms with van der Waals surface area (Å²) in [5.41, 5.74) is 1.17. The third-order valence-corrected chi connectivity index (χ3v) is 9.00. The Morgan fingerprint density at radius 1 is 1.30 bits per heavy atom. The fourth-order valence-electron chi connectivity index (χ4n) is 5.67. The number of carbonyl (C=O) groups is 2. The van der Waals surface area contributed by atoms with Gasteiger partial charge in [-0.15, -0.1) is 6.58 Å². The molecule has 3 aliphatic heterocycles. The van der Waals surface area contributed by atoms with Gasteiger partial charge in [0.2, 0.25) is 5.91 Å². The Labute approximate surface area is 202 Å². The molecule has 9 heteroatoms. The van der Waals surface area contributed by atoms with Gasteiger partial charge in [-0.3, -0.25) is 24.4 Å². The molecular weight excluding hydrogens is 456 g/mol. The van der Waals surface area contributed by atoms with E-state index >= 15 is 0 Å². The number of benzene rings is 1. The van der Waals surface area contributed by atoms with Gasteiger partial charge in [-0.05, 0) is 36.9 Å². The van der Waals surface area contributed by atoms with Crippen LogP contribution in [0.2, 0.25) is 0 Å². The van der Waals surface area contributed by atoms with Crippen LogP contribution in [0, 0.1) is 0 Å². The van der Waals surface area contributed by atoms with Crippen LogP contribution >= 0.6 is 24.0 Å². The lowest BCUT2D eigenvalue weighted by Gasteiger charge is -2.42. The molecule has 0 unspecified atom stereocenters. The Hall–Kier alpha value is -2.75. The summed E-state index contributed by atoms with van der Waals surface area (Å²) < 4.78 is 4.77. The first-order valence-electron chi connectivity index (χ1n) is 10.6. The number of ether oxygens (including phenoxy) is 1. The van der Waals surface area contributed by atoms with Crippen molar-refractivity contribution in [3.05, 3.63) is 66.5 Å². The Morgan fingerprint density at radius 3 is 2.76 bits per heavy atom. The third-order valence-electron chi connectivity index (χ3n) is 7.06. The fraction of sp³-hybridized carbons (Fsp3) is 0.333. The summed E-state index contributed by atoms with van der Waals surface area (Å²) in [6, 6.07) is 9.42. The number of hydrogen-bond acceptors (Lipinski definition) is 7. The molecule has 5 rings (SSSR count). The number of rotatable bonds is 4. The summed E-state index contributed by atoms with van der Waals surface area (Å²) >= 11 is 7.02. The quantitative estimate of drug-likeness (QED) is 0.493. The maximum absolute atomic E-state index is 14.4. The van der Waals surface area contributed by atoms with Gasteiger partial charge >= 0.3 is 0 Å². The maximum Gasteiger partial charge on any atom is 0.254 e. The lowest BCUT2D eigenvalue weighted by Crippen LogP contribution is -2.62. The van der Waals surface area contributed by atoms with Crippen LogP contribution in [0.4, 0.5) is 5.69 Å². The topological polar surface area (TPSA) is 66.0 Å². The van der Waals surface area contributed by atoms with E-state index in [0.717, 1.165) is 16.8 Å². The van der Waals surface area contributed by atoms with Crippen LogP contribution < -0.4 is 9.64 Å². The first-order valence-corrected chi connectivity index (χ1v) is 11.8. The third kappa shape index (κ3) is 2.61. The van der Waals surface area contributed by atoms with E-state index in [0.29, 0.717) is 23.2 Å². The van der Waals surface area contributed by atoms with Crippen LogP contribution in [0.15, 0.2) is 55.4 Å². The zero-order chi connectivity index (χ0) is 23.5. The number of carbonyl (C=O) groups excluding carboxylic acids is 2. The van der Waals surface area contributed by atoms with E-state index < -0.39 is 10.3 Å². The lowest BCUT2D eigenvalue weighted by atomic mass is 9.72. The number of thiocarbonyl (C=S) groups is 1. The standard InChI is InChI=1S/C24H24N4O3S2/c1-5-11-28-21(30)24(33-22(28)32)18(15-7-6-10-25-13-15)14-26(2)23(24)17-12-16(31-4)8-9-19(17)27(3)20(23)29/h5-10,12-13,18H,1,11,14H2,2-4H3/t18-,23+,24-/m0/s1. The van der Waals surface area contributed by atoms with E-state index in [-0.39, 0.29) is 17.7 Å². The monoisotopic (exact) mass is 480 g/mol. The van der Waals surface area contributed by atoms with Crippen LogP contribution in [0.5, 0.6) is 5.75 Å². The highest BCUT2D eigenvalue weighted by Crippen LogP contribution is 2.66. The van der Waals surface area contributed by atoms with Crippen molar-refractivity contribution in [3.8, 4) is 5.75 Å². The smallest absolute Gasteiger partial charge is 0.254 e. The van der Waals surface area contributed by atoms with Gasteiger partial charge in [-0.25, -0.2) is 0 Å². The normalized spacial score (nSPS) is 28.9. The van der Waals surface area contributed by atoms with Gasteiger partial charge in [0.25, 0.3) is 5.91 Å². The van der Waals surface area contributed by atoms with Crippen molar-refractivity contribution in [2.45, 2.75) is 16.2 Å². The van der Waals surface area contributed by atoms with E-state index in [1.54, 1.807) is 42.4 Å². The minimum Gasteiger partial charge on any atom is -0.497 e. The molecule has 0 saturated carbocycles. The molecule has 2 spiro atoms. The highest BCUT2D eigenvalue weighted by molar-refractivity contribution is 8.25. The second kappa shape index (κ2) is 7.65. The number of methoxy groups -OCH3 is 1. The minimum atomic E-state index is -1.26. The highest BCUT2D eigenvalue weighted by atomic mass is 32.2. The number of amides is 2. The summed E-state index contributed by atoms with van der Waals surface area (Å²) in [5, 5.41) is 0. The fourth-order valence-corrected chi connectivity index (χ4v) is 7.82. The Balaban J connectivity index is 1.84. The molecule has 7 nitrogen and oxygen atoms in total. The zero-order valence-corrected chi connectivity index (χ0v) is 20.3. The lowest BCUT2D eigenvalue weighted by molar-refractivity contribution is -0.138. The second-order valence-electron chi connectivity index (χ2n) is 8.49. The Kier molecular flexibility index (Phi) is 5.11. The van der Waals surface area contributed by atoms with E-state index in [1.807, 2.05) is 42.3 Å². The van der Waals surface area contributed by atoms with Crippen molar-refractivity contribution < 1.29 is 14.3 Å². The number of hydrogen-bond donors (Lipinski definition) is 0. The average Bonchev–Trinajstić information content (AvgIpc) is 3.33. The molecule has 0 N–H and O–H groups in total. The Morgan fingerprint density at radius 2 is 2.09 bits per heavy atom. The van der Waals surface area contributed by atoms with Crippen LogP contribution in [0.3, 0.4) is 0 Å². The molecule has 2 fully saturated rings. The van der Waals surface area contributed by atoms with Crippen molar-refractivity contribution in [1.82, 2.24) is 14.8 Å². The summed E-state index contributed by atoms with van der Waals surface area (Å²) in [4.78, 5) is 38.1. The second-order valence-corrected chi connectivity index (χ2v) is 10.4. The minimum absolute atomic E-state index is 0.149. The molecule has 1 aromatic heterocycles. The molecule has 3 atom stereocenters. The molecule has 2 aromatic rings. The van der Waals surface area contributed by atoms with E-state index in [9.17, 15) is 9.59 Å². The molecular formula is C24H24N4O3S2. The van der Waals surface area contributed by atoms with Gasteiger partial charge in [-0.2, -0.15) is 0 Å².